The van der Waals surface area contributed by atoms with Crippen LogP contribution in [-0.4, -0.2) is 31.5 Å². The Morgan fingerprint density at radius 2 is 2.44 bits per heavy atom. The number of aliphatic hydroxyl groups is 1. The van der Waals surface area contributed by atoms with Crippen LogP contribution < -0.4 is 5.84 Å². The largest absolute Gasteiger partial charge is 0.394 e. The van der Waals surface area contributed by atoms with Crippen LogP contribution in [0.4, 0.5) is 0 Å². The number of ether oxygens (including phenoxy) is 1. The summed E-state index contributed by atoms with van der Waals surface area (Å²) in [6, 6.07) is -0.319. The molecule has 3 N–H and O–H groups in total. The smallest absolute Gasteiger partial charge is 0.119 e. The van der Waals surface area contributed by atoms with Gasteiger partial charge in [0.05, 0.1) is 13.2 Å². The average Bonchev–Trinajstić information content (AvgIpc) is 1.88. The summed E-state index contributed by atoms with van der Waals surface area (Å²) in [6.07, 6.45) is 0. The molecule has 0 aromatic rings. The molecule has 54 valence electrons. The fraction of sp³-hybridized carbons (Fsp3) is 1.00. The number of nitrogens with two attached hydrogens (primary N) is 1. The molecule has 0 bridgehead atoms. The molecular formula is C4H11N3O2. The molecule has 0 aliphatic rings. The Morgan fingerprint density at radius 3 is 2.78 bits per heavy atom. The zero-order valence-corrected chi connectivity index (χ0v) is 5.32. The number of hydrogen-bond donors (Lipinski definition) is 2. The molecule has 0 fully saturated rings. The molecule has 0 aliphatic carbocycles. The van der Waals surface area contributed by atoms with Gasteiger partial charge in [-0.2, -0.15) is 5.11 Å². The number of hydrogen-bond acceptors (Lipinski definition) is 4. The minimum absolute atomic E-state index is 0.0888. The first kappa shape index (κ1) is 8.32. The highest BCUT2D eigenvalue weighted by Gasteiger charge is 2.02. The maximum atomic E-state index is 8.50. The van der Waals surface area contributed by atoms with Gasteiger partial charge in [0.1, 0.15) is 6.04 Å². The van der Waals surface area contributed by atoms with Crippen LogP contribution in [-0.2, 0) is 4.74 Å². The van der Waals surface area contributed by atoms with E-state index in [0.29, 0.717) is 6.61 Å². The minimum atomic E-state index is -0.319. The van der Waals surface area contributed by atoms with Gasteiger partial charge in [-0.05, 0) is 0 Å². The van der Waals surface area contributed by atoms with Gasteiger partial charge in [-0.15, -0.1) is 0 Å². The summed E-state index contributed by atoms with van der Waals surface area (Å²) in [5.74, 6) is 4.73. The molecule has 0 aromatic heterocycles. The van der Waals surface area contributed by atoms with Gasteiger partial charge in [-0.3, -0.25) is 0 Å². The van der Waals surface area contributed by atoms with E-state index in [1.807, 2.05) is 0 Å². The van der Waals surface area contributed by atoms with Crippen LogP contribution in [0.3, 0.4) is 0 Å². The summed E-state index contributed by atoms with van der Waals surface area (Å²) in [7, 11) is 1.52. The summed E-state index contributed by atoms with van der Waals surface area (Å²) in [4.78, 5) is 0. The first-order valence-corrected chi connectivity index (χ1v) is 2.55. The van der Waals surface area contributed by atoms with Crippen molar-refractivity contribution in [2.24, 2.45) is 16.2 Å². The summed E-state index contributed by atoms with van der Waals surface area (Å²) in [6.45, 7) is 0.256. The second kappa shape index (κ2) is 5.46. The van der Waals surface area contributed by atoms with Crippen LogP contribution in [0.5, 0.6) is 0 Å². The van der Waals surface area contributed by atoms with Crippen LogP contribution in [0.15, 0.2) is 10.3 Å². The molecule has 0 unspecified atom stereocenters. The summed E-state index contributed by atoms with van der Waals surface area (Å²) >= 11 is 0. The lowest BCUT2D eigenvalue weighted by atomic mass is 10.4. The molecule has 0 rings (SSSR count). The summed E-state index contributed by atoms with van der Waals surface area (Å²) < 4.78 is 4.68. The van der Waals surface area contributed by atoms with Crippen molar-refractivity contribution in [1.82, 2.24) is 0 Å². The maximum Gasteiger partial charge on any atom is 0.119 e. The van der Waals surface area contributed by atoms with Gasteiger partial charge in [-0.1, -0.05) is 5.22 Å². The third-order valence-electron chi connectivity index (χ3n) is 0.800. The fourth-order valence-corrected chi connectivity index (χ4v) is 0.409. The van der Waals surface area contributed by atoms with Gasteiger partial charge in [-0.25, -0.2) is 0 Å². The molecule has 5 nitrogen and oxygen atoms in total. The molecular weight excluding hydrogens is 122 g/mol. The topological polar surface area (TPSA) is 80.2 Å². The van der Waals surface area contributed by atoms with Crippen molar-refractivity contribution in [3.8, 4) is 0 Å². The Hall–Kier alpha value is -0.680. The van der Waals surface area contributed by atoms with Crippen molar-refractivity contribution in [1.29, 1.82) is 0 Å². The van der Waals surface area contributed by atoms with Crippen molar-refractivity contribution < 1.29 is 9.84 Å². The highest BCUT2D eigenvalue weighted by Crippen LogP contribution is 1.88. The highest BCUT2D eigenvalue weighted by molar-refractivity contribution is 4.58. The van der Waals surface area contributed by atoms with Crippen LogP contribution in [0.25, 0.3) is 0 Å². The van der Waals surface area contributed by atoms with E-state index in [-0.39, 0.29) is 12.6 Å². The predicted molar refractivity (Wildman–Crippen MR) is 31.8 cm³/mol. The molecule has 0 amide bonds. The molecule has 0 saturated carbocycles. The van der Waals surface area contributed by atoms with Crippen LogP contribution in [0.2, 0.25) is 0 Å². The molecule has 1 atom stereocenters. The van der Waals surface area contributed by atoms with Gasteiger partial charge < -0.3 is 15.7 Å². The van der Waals surface area contributed by atoms with E-state index in [4.69, 9.17) is 10.9 Å². The first-order valence-electron chi connectivity index (χ1n) is 2.55. The van der Waals surface area contributed by atoms with E-state index in [1.165, 1.54) is 7.11 Å². The Balaban J connectivity index is 3.41. The lowest BCUT2D eigenvalue weighted by molar-refractivity contribution is 0.143. The lowest BCUT2D eigenvalue weighted by Crippen LogP contribution is -2.16. The van der Waals surface area contributed by atoms with Gasteiger partial charge >= 0.3 is 0 Å². The molecule has 0 aromatic carbocycles. The SMILES string of the molecule is COC[C@H](CO)N=NN. The molecule has 0 heterocycles. The number of aliphatic hydroxyl groups excluding tert-OH is 1. The van der Waals surface area contributed by atoms with E-state index < -0.39 is 0 Å². The van der Waals surface area contributed by atoms with Crippen LogP contribution in [0.1, 0.15) is 0 Å². The van der Waals surface area contributed by atoms with Crippen molar-refractivity contribution >= 4 is 0 Å². The predicted octanol–water partition coefficient (Wildman–Crippen LogP) is -0.680. The Morgan fingerprint density at radius 1 is 1.78 bits per heavy atom. The molecule has 0 saturated heterocycles. The van der Waals surface area contributed by atoms with Crippen molar-refractivity contribution in [2.75, 3.05) is 20.3 Å². The Kier molecular flexibility index (Phi) is 5.04. The monoisotopic (exact) mass is 133 g/mol. The summed E-state index contributed by atoms with van der Waals surface area (Å²) in [5, 5.41) is 15.0. The third-order valence-corrected chi connectivity index (χ3v) is 0.800. The average molecular weight is 133 g/mol. The molecule has 9 heavy (non-hydrogen) atoms. The Labute approximate surface area is 53.5 Å². The number of rotatable bonds is 4. The van der Waals surface area contributed by atoms with E-state index in [0.717, 1.165) is 0 Å². The van der Waals surface area contributed by atoms with E-state index >= 15 is 0 Å². The zero-order valence-electron chi connectivity index (χ0n) is 5.32. The molecule has 0 spiro atoms. The minimum Gasteiger partial charge on any atom is -0.394 e. The van der Waals surface area contributed by atoms with Crippen molar-refractivity contribution in [3.63, 3.8) is 0 Å². The fourth-order valence-electron chi connectivity index (χ4n) is 0.409. The molecule has 0 radical (unpaired) electrons. The van der Waals surface area contributed by atoms with E-state index in [2.05, 4.69) is 15.1 Å². The summed E-state index contributed by atoms with van der Waals surface area (Å²) in [5.41, 5.74) is 0. The van der Waals surface area contributed by atoms with Gasteiger partial charge in [0.2, 0.25) is 0 Å². The lowest BCUT2D eigenvalue weighted by Gasteiger charge is -2.03. The van der Waals surface area contributed by atoms with Crippen LogP contribution in [0, 0.1) is 0 Å². The Bertz CT molecular complexity index is 85.9. The van der Waals surface area contributed by atoms with Gasteiger partial charge in [0, 0.05) is 7.11 Å². The third kappa shape index (κ3) is 3.87. The first-order chi connectivity index (χ1) is 4.35. The quantitative estimate of drug-likeness (QED) is 0.303. The molecule has 5 heteroatoms. The molecule has 0 aliphatic heterocycles. The maximum absolute atomic E-state index is 8.50. The van der Waals surface area contributed by atoms with Gasteiger partial charge in [0.15, 0.2) is 0 Å². The standard InChI is InChI=1S/C4H11N3O2/c1-9-3-4(2-8)6-7-5/h4,8H,2-3H2,1H3,(H2,5,6)/t4-/m0/s1. The second-order valence-electron chi connectivity index (χ2n) is 1.52. The second-order valence-corrected chi connectivity index (χ2v) is 1.52. The van der Waals surface area contributed by atoms with Crippen molar-refractivity contribution in [3.05, 3.63) is 0 Å². The van der Waals surface area contributed by atoms with E-state index in [9.17, 15) is 0 Å². The highest BCUT2D eigenvalue weighted by atomic mass is 16.5. The normalized spacial score (nSPS) is 14.4. The number of nitrogens with zero attached hydrogens (tertiary/aromatic N) is 2. The van der Waals surface area contributed by atoms with E-state index in [1.54, 1.807) is 0 Å². The number of methoxy groups -OCH3 is 1. The zero-order chi connectivity index (χ0) is 7.11. The van der Waals surface area contributed by atoms with Gasteiger partial charge in [0.25, 0.3) is 0 Å². The van der Waals surface area contributed by atoms with Crippen molar-refractivity contribution in [2.45, 2.75) is 6.04 Å². The van der Waals surface area contributed by atoms with Crippen LogP contribution >= 0.6 is 0 Å².